The molecule has 0 atom stereocenters. The maximum Gasteiger partial charge on any atom is 0.255 e. The summed E-state index contributed by atoms with van der Waals surface area (Å²) in [5.41, 5.74) is 1.98. The number of amides is 1. The molecule has 1 fully saturated rings. The minimum Gasteiger partial charge on any atom is -0.493 e. The topological polar surface area (TPSA) is 77.8 Å². The lowest BCUT2D eigenvalue weighted by Gasteiger charge is -2.23. The Balaban J connectivity index is 1.56. The Morgan fingerprint density at radius 2 is 2.00 bits per heavy atom. The van der Waals surface area contributed by atoms with Gasteiger partial charge < -0.3 is 14.8 Å². The lowest BCUT2D eigenvalue weighted by molar-refractivity contribution is 0.102. The van der Waals surface area contributed by atoms with Gasteiger partial charge in [0.05, 0.1) is 18.9 Å². The van der Waals surface area contributed by atoms with Crippen molar-refractivity contribution in [2.75, 3.05) is 12.4 Å². The number of ether oxygens (including phenoxy) is 2. The molecule has 4 rings (SSSR count). The van der Waals surface area contributed by atoms with Crippen LogP contribution >= 0.6 is 0 Å². The lowest BCUT2D eigenvalue weighted by Crippen LogP contribution is -2.15. The van der Waals surface area contributed by atoms with Gasteiger partial charge in [-0.1, -0.05) is 6.42 Å². The van der Waals surface area contributed by atoms with Crippen LogP contribution in [0.1, 0.15) is 55.2 Å². The van der Waals surface area contributed by atoms with Gasteiger partial charge in [-0.25, -0.2) is 0 Å². The summed E-state index contributed by atoms with van der Waals surface area (Å²) in [6, 6.07) is 8.87. The van der Waals surface area contributed by atoms with Gasteiger partial charge in [0, 0.05) is 17.7 Å². The van der Waals surface area contributed by atoms with Crippen LogP contribution < -0.4 is 14.8 Å². The SMILES string of the molecule is COc1cc(C(=O)Nc2ccc3nnc(C4CCC4)n3c2)ccc1OC(C)C. The van der Waals surface area contributed by atoms with Crippen LogP contribution in [0.5, 0.6) is 11.5 Å². The number of aromatic nitrogens is 3. The van der Waals surface area contributed by atoms with Gasteiger partial charge >= 0.3 is 0 Å². The first-order valence-corrected chi connectivity index (χ1v) is 9.56. The smallest absolute Gasteiger partial charge is 0.255 e. The Hall–Kier alpha value is -3.09. The number of benzene rings is 1. The van der Waals surface area contributed by atoms with E-state index in [2.05, 4.69) is 15.5 Å². The van der Waals surface area contributed by atoms with E-state index >= 15 is 0 Å². The van der Waals surface area contributed by atoms with Crippen LogP contribution in [0.4, 0.5) is 5.69 Å². The summed E-state index contributed by atoms with van der Waals surface area (Å²) in [5.74, 6) is 2.35. The summed E-state index contributed by atoms with van der Waals surface area (Å²) in [6.45, 7) is 3.89. The highest BCUT2D eigenvalue weighted by Gasteiger charge is 2.24. The van der Waals surface area contributed by atoms with E-state index in [9.17, 15) is 4.79 Å². The average molecular weight is 380 g/mol. The number of nitrogens with zero attached hydrogens (tertiary/aromatic N) is 3. The first-order chi connectivity index (χ1) is 13.5. The largest absolute Gasteiger partial charge is 0.493 e. The molecule has 0 bridgehead atoms. The molecule has 0 aliphatic heterocycles. The number of methoxy groups -OCH3 is 1. The maximum atomic E-state index is 12.7. The Kier molecular flexibility index (Phi) is 4.90. The molecule has 1 N–H and O–H groups in total. The zero-order valence-electron chi connectivity index (χ0n) is 16.3. The van der Waals surface area contributed by atoms with Crippen molar-refractivity contribution in [3.05, 3.63) is 47.9 Å². The number of anilines is 1. The van der Waals surface area contributed by atoms with Crippen molar-refractivity contribution < 1.29 is 14.3 Å². The molecule has 0 radical (unpaired) electrons. The van der Waals surface area contributed by atoms with Crippen LogP contribution in [-0.2, 0) is 0 Å². The minimum absolute atomic E-state index is 0.0222. The molecule has 1 aromatic carbocycles. The Labute approximate surface area is 163 Å². The monoisotopic (exact) mass is 380 g/mol. The van der Waals surface area contributed by atoms with Gasteiger partial charge in [0.25, 0.3) is 5.91 Å². The molecule has 2 heterocycles. The molecule has 1 aliphatic rings. The third kappa shape index (κ3) is 3.52. The van der Waals surface area contributed by atoms with Crippen LogP contribution in [0.15, 0.2) is 36.5 Å². The van der Waals surface area contributed by atoms with E-state index in [0.717, 1.165) is 24.3 Å². The number of pyridine rings is 1. The lowest BCUT2D eigenvalue weighted by atomic mass is 9.85. The predicted octanol–water partition coefficient (Wildman–Crippen LogP) is 4.04. The van der Waals surface area contributed by atoms with Crippen molar-refractivity contribution in [2.24, 2.45) is 0 Å². The summed E-state index contributed by atoms with van der Waals surface area (Å²) in [7, 11) is 1.56. The zero-order chi connectivity index (χ0) is 19.7. The summed E-state index contributed by atoms with van der Waals surface area (Å²) in [4.78, 5) is 12.7. The highest BCUT2D eigenvalue weighted by Crippen LogP contribution is 2.35. The molecule has 1 aliphatic carbocycles. The van der Waals surface area contributed by atoms with Crippen molar-refractivity contribution >= 4 is 17.2 Å². The quantitative estimate of drug-likeness (QED) is 0.698. The number of carbonyl (C=O) groups is 1. The molecular weight excluding hydrogens is 356 g/mol. The first-order valence-electron chi connectivity index (χ1n) is 9.56. The Morgan fingerprint density at radius 3 is 2.68 bits per heavy atom. The third-order valence-electron chi connectivity index (χ3n) is 4.95. The molecular formula is C21H24N4O3. The van der Waals surface area contributed by atoms with Crippen molar-refractivity contribution in [2.45, 2.75) is 45.1 Å². The van der Waals surface area contributed by atoms with Crippen molar-refractivity contribution in [1.82, 2.24) is 14.6 Å². The van der Waals surface area contributed by atoms with Crippen LogP contribution in [-0.4, -0.2) is 33.7 Å². The second kappa shape index (κ2) is 7.50. The zero-order valence-corrected chi connectivity index (χ0v) is 16.3. The molecule has 1 saturated carbocycles. The number of hydrogen-bond donors (Lipinski definition) is 1. The Morgan fingerprint density at radius 1 is 1.18 bits per heavy atom. The predicted molar refractivity (Wildman–Crippen MR) is 106 cm³/mol. The van der Waals surface area contributed by atoms with E-state index < -0.39 is 0 Å². The molecule has 0 saturated heterocycles. The van der Waals surface area contributed by atoms with E-state index in [4.69, 9.17) is 9.47 Å². The Bertz CT molecular complexity index is 1010. The molecule has 0 unspecified atom stereocenters. The van der Waals surface area contributed by atoms with E-state index in [-0.39, 0.29) is 12.0 Å². The van der Waals surface area contributed by atoms with Gasteiger partial charge in [-0.15, -0.1) is 10.2 Å². The second-order valence-electron chi connectivity index (χ2n) is 7.32. The summed E-state index contributed by atoms with van der Waals surface area (Å²) < 4.78 is 13.0. The third-order valence-corrected chi connectivity index (χ3v) is 4.95. The number of carbonyl (C=O) groups excluding carboxylic acids is 1. The molecule has 1 amide bonds. The number of fused-ring (bicyclic) bond motifs is 1. The molecule has 146 valence electrons. The van der Waals surface area contributed by atoms with E-state index in [1.54, 1.807) is 25.3 Å². The van der Waals surface area contributed by atoms with Gasteiger partial charge in [-0.2, -0.15) is 0 Å². The normalized spacial score (nSPS) is 14.1. The van der Waals surface area contributed by atoms with Gasteiger partial charge in [-0.3, -0.25) is 9.20 Å². The molecule has 2 aromatic heterocycles. The van der Waals surface area contributed by atoms with E-state index in [0.29, 0.717) is 28.7 Å². The summed E-state index contributed by atoms with van der Waals surface area (Å²) >= 11 is 0. The first kappa shape index (κ1) is 18.3. The van der Waals surface area contributed by atoms with Crippen molar-refractivity contribution in [1.29, 1.82) is 0 Å². The summed E-state index contributed by atoms with van der Waals surface area (Å²) in [5, 5.41) is 11.5. The molecule has 3 aromatic rings. The van der Waals surface area contributed by atoms with Crippen LogP contribution in [0.2, 0.25) is 0 Å². The van der Waals surface area contributed by atoms with E-state index in [1.807, 2.05) is 36.6 Å². The van der Waals surface area contributed by atoms with Gasteiger partial charge in [0.2, 0.25) is 0 Å². The molecule has 7 nitrogen and oxygen atoms in total. The fourth-order valence-electron chi connectivity index (χ4n) is 3.29. The highest BCUT2D eigenvalue weighted by atomic mass is 16.5. The van der Waals surface area contributed by atoms with Gasteiger partial charge in [0.15, 0.2) is 17.1 Å². The highest BCUT2D eigenvalue weighted by molar-refractivity contribution is 6.04. The van der Waals surface area contributed by atoms with Crippen LogP contribution in [0.3, 0.4) is 0 Å². The van der Waals surface area contributed by atoms with Crippen LogP contribution in [0, 0.1) is 0 Å². The molecule has 28 heavy (non-hydrogen) atoms. The number of hydrogen-bond acceptors (Lipinski definition) is 5. The van der Waals surface area contributed by atoms with Gasteiger partial charge in [0.1, 0.15) is 5.82 Å². The van der Waals surface area contributed by atoms with Gasteiger partial charge in [-0.05, 0) is 57.0 Å². The fourth-order valence-corrected chi connectivity index (χ4v) is 3.29. The number of nitrogens with one attached hydrogen (secondary N) is 1. The minimum atomic E-state index is -0.216. The maximum absolute atomic E-state index is 12.7. The summed E-state index contributed by atoms with van der Waals surface area (Å²) in [6.07, 6.45) is 5.42. The van der Waals surface area contributed by atoms with Crippen molar-refractivity contribution in [3.63, 3.8) is 0 Å². The van der Waals surface area contributed by atoms with Crippen LogP contribution in [0.25, 0.3) is 5.65 Å². The average Bonchev–Trinajstić information content (AvgIpc) is 3.03. The fraction of sp³-hybridized carbons (Fsp3) is 0.381. The van der Waals surface area contributed by atoms with E-state index in [1.165, 1.54) is 6.42 Å². The van der Waals surface area contributed by atoms with Crippen molar-refractivity contribution in [3.8, 4) is 11.5 Å². The molecule has 0 spiro atoms. The second-order valence-corrected chi connectivity index (χ2v) is 7.32. The molecule has 7 heteroatoms. The number of rotatable bonds is 6. The standard InChI is InChI=1S/C21H24N4O3/c1-13(2)28-17-9-7-15(11-18(17)27-3)21(26)22-16-8-10-19-23-24-20(25(19)12-16)14-5-4-6-14/h7-14H,4-6H2,1-3H3,(H,22,26).